The number of halogens is 6. The Hall–Kier alpha value is -3.52. The molecule has 0 aliphatic heterocycles. The minimum absolute atomic E-state index is 0.0100. The number of aromatic carboxylic acids is 1. The number of aromatic nitrogens is 2. The lowest BCUT2D eigenvalue weighted by Gasteiger charge is -2.30. The molecule has 0 atom stereocenters. The molecule has 0 radical (unpaired) electrons. The highest BCUT2D eigenvalue weighted by atomic mass is 32.1. The van der Waals surface area contributed by atoms with Crippen molar-refractivity contribution in [3.05, 3.63) is 76.6 Å². The second-order valence-electron chi connectivity index (χ2n) is 6.84. The number of hydrogen-bond donors (Lipinski definition) is 2. The van der Waals surface area contributed by atoms with E-state index in [1.165, 1.54) is 48.8 Å². The number of anilines is 1. The molecule has 14 heteroatoms. The molecule has 2 N–H and O–H groups in total. The summed E-state index contributed by atoms with van der Waals surface area (Å²) in [6.07, 6.45) is -9.50. The van der Waals surface area contributed by atoms with Crippen LogP contribution in [-0.2, 0) is 12.1 Å². The van der Waals surface area contributed by atoms with Crippen molar-refractivity contribution in [3.8, 4) is 0 Å². The summed E-state index contributed by atoms with van der Waals surface area (Å²) in [5, 5.41) is 18.1. The quantitative estimate of drug-likeness (QED) is 0.482. The summed E-state index contributed by atoms with van der Waals surface area (Å²) in [5.41, 5.74) is -4.95. The molecule has 0 aliphatic rings. The van der Waals surface area contributed by atoms with Crippen molar-refractivity contribution in [3.63, 3.8) is 0 Å². The van der Waals surface area contributed by atoms with Crippen LogP contribution >= 0.6 is 11.3 Å². The molecule has 0 fully saturated rings. The highest BCUT2D eigenvalue weighted by Crippen LogP contribution is 2.52. The maximum atomic E-state index is 13.2. The first-order chi connectivity index (χ1) is 15.8. The van der Waals surface area contributed by atoms with E-state index < -0.39 is 39.8 Å². The maximum absolute atomic E-state index is 13.2. The highest BCUT2D eigenvalue weighted by Gasteiger charge is 2.72. The largest absolute Gasteiger partial charge is 0.478 e. The van der Waals surface area contributed by atoms with Gasteiger partial charge in [0.1, 0.15) is 0 Å². The molecular weight excluding hydrogens is 492 g/mol. The molecule has 7 nitrogen and oxygen atoms in total. The van der Waals surface area contributed by atoms with E-state index in [9.17, 15) is 41.0 Å². The molecule has 2 heterocycles. The van der Waals surface area contributed by atoms with Gasteiger partial charge in [0.2, 0.25) is 0 Å². The zero-order chi connectivity index (χ0) is 25.3. The summed E-state index contributed by atoms with van der Waals surface area (Å²) < 4.78 is 79.5. The maximum Gasteiger partial charge on any atom is 0.431 e. The summed E-state index contributed by atoms with van der Waals surface area (Å²) in [4.78, 5) is 30.6. The third-order valence-corrected chi connectivity index (χ3v) is 5.74. The Balaban J connectivity index is 2.06. The molecule has 0 bridgehead atoms. The van der Waals surface area contributed by atoms with Crippen molar-refractivity contribution in [2.45, 2.75) is 24.5 Å². The number of carbonyl (C=O) groups excluding carboxylic acids is 1. The molecular formula is C20H13F6N3O4S. The number of nitrogens with zero attached hydrogens (tertiary/aromatic N) is 3. The summed E-state index contributed by atoms with van der Waals surface area (Å²) >= 11 is -0.154. The number of amides is 1. The van der Waals surface area contributed by atoms with Gasteiger partial charge in [0.15, 0.2) is 5.13 Å². The third-order valence-electron chi connectivity index (χ3n) is 4.62. The Morgan fingerprint density at radius 3 is 1.97 bits per heavy atom. The molecule has 1 amide bonds. The van der Waals surface area contributed by atoms with E-state index in [0.29, 0.717) is 5.56 Å². The van der Waals surface area contributed by atoms with Gasteiger partial charge in [0.05, 0.1) is 17.0 Å². The van der Waals surface area contributed by atoms with Gasteiger partial charge in [-0.15, -0.1) is 0 Å². The standard InChI is InChI=1S/C20H13F6N3O4S/c21-19(22,23)18(33,20(24,25)26)14-9-28-17(34-14)29(15(30)12-5-7-27-8-6-12)10-11-1-3-13(4-2-11)16(31)32/h1-9,33H,10H2,(H,31,32). The van der Waals surface area contributed by atoms with Crippen LogP contribution in [0.4, 0.5) is 31.5 Å². The van der Waals surface area contributed by atoms with E-state index in [-0.39, 0.29) is 35.2 Å². The van der Waals surface area contributed by atoms with Crippen LogP contribution in [0.2, 0.25) is 0 Å². The Bertz CT molecular complexity index is 1170. The number of pyridine rings is 1. The monoisotopic (exact) mass is 505 g/mol. The Morgan fingerprint density at radius 2 is 1.47 bits per heavy atom. The summed E-state index contributed by atoms with van der Waals surface area (Å²) in [6, 6.07) is 7.63. The van der Waals surface area contributed by atoms with Crippen molar-refractivity contribution in [2.24, 2.45) is 0 Å². The van der Waals surface area contributed by atoms with Crippen LogP contribution in [-0.4, -0.2) is 44.4 Å². The van der Waals surface area contributed by atoms with Crippen molar-refractivity contribution in [1.29, 1.82) is 0 Å². The van der Waals surface area contributed by atoms with Crippen LogP contribution in [0.25, 0.3) is 0 Å². The minimum atomic E-state index is -6.11. The number of carboxylic acid groups (broad SMARTS) is 1. The number of benzene rings is 1. The topological polar surface area (TPSA) is 104 Å². The molecule has 3 rings (SSSR count). The second kappa shape index (κ2) is 9.02. The summed E-state index contributed by atoms with van der Waals surface area (Å²) in [6.45, 7) is -0.371. The van der Waals surface area contributed by atoms with Gasteiger partial charge in [-0.25, -0.2) is 9.78 Å². The van der Waals surface area contributed by atoms with Gasteiger partial charge < -0.3 is 10.2 Å². The number of thiazole rings is 1. The van der Waals surface area contributed by atoms with Gasteiger partial charge in [-0.2, -0.15) is 26.3 Å². The number of rotatable bonds is 6. The van der Waals surface area contributed by atoms with Gasteiger partial charge in [-0.05, 0) is 29.8 Å². The van der Waals surface area contributed by atoms with E-state index in [0.717, 1.165) is 4.90 Å². The van der Waals surface area contributed by atoms with E-state index in [1.54, 1.807) is 0 Å². The Kier molecular flexibility index (Phi) is 6.66. The van der Waals surface area contributed by atoms with Crippen molar-refractivity contribution >= 4 is 28.3 Å². The lowest BCUT2D eigenvalue weighted by molar-refractivity contribution is -0.375. The Labute approximate surface area is 190 Å². The van der Waals surface area contributed by atoms with Gasteiger partial charge in [-0.3, -0.25) is 14.7 Å². The minimum Gasteiger partial charge on any atom is -0.478 e. The molecule has 0 aliphatic carbocycles. The molecule has 0 saturated heterocycles. The van der Waals surface area contributed by atoms with E-state index in [1.807, 2.05) is 0 Å². The molecule has 3 aromatic rings. The fourth-order valence-electron chi connectivity index (χ4n) is 2.81. The molecule has 34 heavy (non-hydrogen) atoms. The van der Waals surface area contributed by atoms with Crippen LogP contribution in [0, 0.1) is 0 Å². The number of carbonyl (C=O) groups is 2. The van der Waals surface area contributed by atoms with Gasteiger partial charge >= 0.3 is 18.3 Å². The third kappa shape index (κ3) is 4.72. The second-order valence-corrected chi connectivity index (χ2v) is 7.85. The predicted octanol–water partition coefficient (Wildman–Crippen LogP) is 4.40. The SMILES string of the molecule is O=C(O)c1ccc(CN(C(=O)c2ccncc2)c2ncc(C(O)(C(F)(F)F)C(F)(F)F)s2)cc1. The fraction of sp³-hybridized carbons (Fsp3) is 0.200. The van der Waals surface area contributed by atoms with Gasteiger partial charge in [0, 0.05) is 24.2 Å². The van der Waals surface area contributed by atoms with E-state index >= 15 is 0 Å². The molecule has 0 unspecified atom stereocenters. The van der Waals surface area contributed by atoms with Crippen LogP contribution in [0.15, 0.2) is 55.0 Å². The lowest BCUT2D eigenvalue weighted by atomic mass is 10.0. The average molecular weight is 505 g/mol. The molecule has 0 saturated carbocycles. The number of alkyl halides is 6. The zero-order valence-corrected chi connectivity index (χ0v) is 17.4. The first-order valence-electron chi connectivity index (χ1n) is 9.12. The molecule has 180 valence electrons. The molecule has 0 spiro atoms. The number of hydrogen-bond acceptors (Lipinski definition) is 6. The van der Waals surface area contributed by atoms with Crippen LogP contribution in [0.1, 0.15) is 31.2 Å². The van der Waals surface area contributed by atoms with Crippen LogP contribution in [0.5, 0.6) is 0 Å². The lowest BCUT2D eigenvalue weighted by Crippen LogP contribution is -2.53. The Morgan fingerprint density at radius 1 is 0.912 bits per heavy atom. The van der Waals surface area contributed by atoms with Crippen LogP contribution in [0.3, 0.4) is 0 Å². The first kappa shape index (κ1) is 25.1. The van der Waals surface area contributed by atoms with Crippen molar-refractivity contribution in [1.82, 2.24) is 9.97 Å². The first-order valence-corrected chi connectivity index (χ1v) is 9.93. The predicted molar refractivity (Wildman–Crippen MR) is 106 cm³/mol. The van der Waals surface area contributed by atoms with Crippen LogP contribution < -0.4 is 4.90 Å². The molecule has 1 aromatic carbocycles. The zero-order valence-electron chi connectivity index (χ0n) is 16.6. The fourth-order valence-corrected chi connectivity index (χ4v) is 3.85. The summed E-state index contributed by atoms with van der Waals surface area (Å²) in [7, 11) is 0. The average Bonchev–Trinajstić information content (AvgIpc) is 3.26. The molecule has 2 aromatic heterocycles. The number of carboxylic acids is 1. The van der Waals surface area contributed by atoms with Gasteiger partial charge in [-0.1, -0.05) is 23.5 Å². The number of aliphatic hydroxyl groups is 1. The van der Waals surface area contributed by atoms with E-state index in [4.69, 9.17) is 5.11 Å². The van der Waals surface area contributed by atoms with Crippen molar-refractivity contribution in [2.75, 3.05) is 4.90 Å². The van der Waals surface area contributed by atoms with Crippen molar-refractivity contribution < 1.29 is 46.1 Å². The summed E-state index contributed by atoms with van der Waals surface area (Å²) in [5.74, 6) is -2.05. The highest BCUT2D eigenvalue weighted by molar-refractivity contribution is 7.16. The van der Waals surface area contributed by atoms with Gasteiger partial charge in [0.25, 0.3) is 11.5 Å². The van der Waals surface area contributed by atoms with E-state index in [2.05, 4.69) is 9.97 Å². The normalized spacial score (nSPS) is 12.4. The smallest absolute Gasteiger partial charge is 0.431 e.